The third-order valence-electron chi connectivity index (χ3n) is 1.54. The standard InChI is InChI=1S/C7H8F2N2O/c8-7(9)4-12-11-6-1-5(2-6)3-10/h5,7H,1-2,4H2. The molecular formula is C7H8F2N2O. The van der Waals surface area contributed by atoms with Gasteiger partial charge in [-0.2, -0.15) is 5.26 Å². The molecule has 0 amide bonds. The first-order chi connectivity index (χ1) is 5.72. The van der Waals surface area contributed by atoms with Crippen molar-refractivity contribution in [3.8, 4) is 6.07 Å². The molecule has 0 aliphatic heterocycles. The highest BCUT2D eigenvalue weighted by Gasteiger charge is 2.24. The molecule has 0 spiro atoms. The van der Waals surface area contributed by atoms with Gasteiger partial charge in [0.15, 0.2) is 6.61 Å². The van der Waals surface area contributed by atoms with Crippen molar-refractivity contribution in [2.75, 3.05) is 6.61 Å². The highest BCUT2D eigenvalue weighted by Crippen LogP contribution is 2.23. The van der Waals surface area contributed by atoms with Gasteiger partial charge in [0.2, 0.25) is 0 Å². The van der Waals surface area contributed by atoms with Crippen LogP contribution < -0.4 is 0 Å². The molecule has 0 aromatic heterocycles. The summed E-state index contributed by atoms with van der Waals surface area (Å²) in [5, 5.41) is 11.8. The fraction of sp³-hybridized carbons (Fsp3) is 0.714. The van der Waals surface area contributed by atoms with Crippen LogP contribution in [-0.2, 0) is 4.84 Å². The third-order valence-corrected chi connectivity index (χ3v) is 1.54. The summed E-state index contributed by atoms with van der Waals surface area (Å²) in [6.07, 6.45) is -1.37. The van der Waals surface area contributed by atoms with Crippen molar-refractivity contribution in [1.82, 2.24) is 0 Å². The summed E-state index contributed by atoms with van der Waals surface area (Å²) in [6, 6.07) is 2.05. The molecule has 0 atom stereocenters. The zero-order valence-corrected chi connectivity index (χ0v) is 6.33. The predicted molar refractivity (Wildman–Crippen MR) is 37.7 cm³/mol. The molecule has 0 bridgehead atoms. The van der Waals surface area contributed by atoms with Crippen LogP contribution in [0.1, 0.15) is 12.8 Å². The van der Waals surface area contributed by atoms with E-state index in [9.17, 15) is 8.78 Å². The van der Waals surface area contributed by atoms with Crippen LogP contribution in [0.3, 0.4) is 0 Å². The zero-order valence-electron chi connectivity index (χ0n) is 6.33. The van der Waals surface area contributed by atoms with Crippen LogP contribution in [0.15, 0.2) is 5.16 Å². The average Bonchev–Trinajstić information content (AvgIpc) is 1.93. The quantitative estimate of drug-likeness (QED) is 0.609. The monoisotopic (exact) mass is 174 g/mol. The average molecular weight is 174 g/mol. The van der Waals surface area contributed by atoms with Crippen LogP contribution >= 0.6 is 0 Å². The Bertz CT molecular complexity index is 214. The molecule has 0 heterocycles. The number of rotatable bonds is 3. The Morgan fingerprint density at radius 2 is 2.33 bits per heavy atom. The molecule has 1 fully saturated rings. The topological polar surface area (TPSA) is 45.4 Å². The summed E-state index contributed by atoms with van der Waals surface area (Å²) >= 11 is 0. The lowest BCUT2D eigenvalue weighted by atomic mass is 9.85. The molecule has 0 aromatic rings. The molecule has 12 heavy (non-hydrogen) atoms. The maximum atomic E-state index is 11.5. The Morgan fingerprint density at radius 1 is 1.67 bits per heavy atom. The van der Waals surface area contributed by atoms with Crippen molar-refractivity contribution in [3.05, 3.63) is 0 Å². The number of hydrogen-bond acceptors (Lipinski definition) is 3. The van der Waals surface area contributed by atoms with Crippen molar-refractivity contribution < 1.29 is 13.6 Å². The van der Waals surface area contributed by atoms with Crippen LogP contribution in [0.5, 0.6) is 0 Å². The largest absolute Gasteiger partial charge is 0.390 e. The van der Waals surface area contributed by atoms with E-state index < -0.39 is 13.0 Å². The van der Waals surface area contributed by atoms with Gasteiger partial charge in [0.25, 0.3) is 6.43 Å². The molecule has 1 aliphatic carbocycles. The molecule has 0 N–H and O–H groups in total. The van der Waals surface area contributed by atoms with Gasteiger partial charge in [0, 0.05) is 12.8 Å². The van der Waals surface area contributed by atoms with E-state index >= 15 is 0 Å². The summed E-state index contributed by atoms with van der Waals surface area (Å²) in [6.45, 7) is -0.666. The minimum atomic E-state index is -2.49. The van der Waals surface area contributed by atoms with Crippen LogP contribution in [0.4, 0.5) is 8.78 Å². The van der Waals surface area contributed by atoms with E-state index in [0.717, 1.165) is 0 Å². The predicted octanol–water partition coefficient (Wildman–Crippen LogP) is 1.56. The summed E-state index contributed by atoms with van der Waals surface area (Å²) in [5.74, 6) is -0.00102. The Kier molecular flexibility index (Phi) is 2.97. The van der Waals surface area contributed by atoms with Gasteiger partial charge in [-0.05, 0) is 0 Å². The van der Waals surface area contributed by atoms with Crippen molar-refractivity contribution in [2.24, 2.45) is 11.1 Å². The van der Waals surface area contributed by atoms with Gasteiger partial charge in [0.05, 0.1) is 17.7 Å². The van der Waals surface area contributed by atoms with Gasteiger partial charge >= 0.3 is 0 Å². The van der Waals surface area contributed by atoms with Crippen LogP contribution in [0.25, 0.3) is 0 Å². The maximum Gasteiger partial charge on any atom is 0.274 e. The lowest BCUT2D eigenvalue weighted by Gasteiger charge is -2.19. The third kappa shape index (κ3) is 2.46. The number of hydrogen-bond donors (Lipinski definition) is 0. The number of alkyl halides is 2. The van der Waals surface area contributed by atoms with Crippen molar-refractivity contribution in [1.29, 1.82) is 5.26 Å². The van der Waals surface area contributed by atoms with Gasteiger partial charge in [-0.1, -0.05) is 5.16 Å². The number of nitriles is 1. The number of nitrogens with zero attached hydrogens (tertiary/aromatic N) is 2. The van der Waals surface area contributed by atoms with Crippen LogP contribution in [0.2, 0.25) is 0 Å². The van der Waals surface area contributed by atoms with Crippen LogP contribution in [0, 0.1) is 17.2 Å². The van der Waals surface area contributed by atoms with Crippen molar-refractivity contribution in [3.63, 3.8) is 0 Å². The molecule has 5 heteroatoms. The first-order valence-corrected chi connectivity index (χ1v) is 3.58. The first-order valence-electron chi connectivity index (χ1n) is 3.58. The lowest BCUT2D eigenvalue weighted by Crippen LogP contribution is -2.22. The fourth-order valence-corrected chi connectivity index (χ4v) is 0.860. The van der Waals surface area contributed by atoms with Crippen molar-refractivity contribution >= 4 is 5.71 Å². The molecule has 66 valence electrons. The van der Waals surface area contributed by atoms with E-state index in [4.69, 9.17) is 5.26 Å². The molecular weight excluding hydrogens is 166 g/mol. The normalized spacial score (nSPS) is 21.5. The Labute approximate surface area is 68.6 Å². The van der Waals surface area contributed by atoms with E-state index in [2.05, 4.69) is 9.99 Å². The molecule has 3 nitrogen and oxygen atoms in total. The number of halogens is 2. The molecule has 1 saturated carbocycles. The molecule has 0 unspecified atom stereocenters. The Balaban J connectivity index is 2.12. The maximum absolute atomic E-state index is 11.5. The van der Waals surface area contributed by atoms with E-state index in [-0.39, 0.29) is 5.92 Å². The summed E-state index contributed by atoms with van der Waals surface area (Å²) in [5.41, 5.74) is 0.696. The minimum Gasteiger partial charge on any atom is -0.390 e. The second-order valence-corrected chi connectivity index (χ2v) is 2.58. The number of oxime groups is 1. The SMILES string of the molecule is N#CC1CC(=NOCC(F)F)C1. The minimum absolute atomic E-state index is 0.00102. The van der Waals surface area contributed by atoms with E-state index in [1.165, 1.54) is 0 Å². The molecule has 1 rings (SSSR count). The second kappa shape index (κ2) is 4.00. The fourth-order valence-electron chi connectivity index (χ4n) is 0.860. The lowest BCUT2D eigenvalue weighted by molar-refractivity contribution is 0.0191. The van der Waals surface area contributed by atoms with E-state index in [1.807, 2.05) is 6.07 Å². The van der Waals surface area contributed by atoms with Gasteiger partial charge in [-0.15, -0.1) is 0 Å². The van der Waals surface area contributed by atoms with E-state index in [1.54, 1.807) is 0 Å². The highest BCUT2D eigenvalue weighted by atomic mass is 19.3. The second-order valence-electron chi connectivity index (χ2n) is 2.58. The van der Waals surface area contributed by atoms with Crippen molar-refractivity contribution in [2.45, 2.75) is 19.3 Å². The summed E-state index contributed by atoms with van der Waals surface area (Å²) in [4.78, 5) is 4.32. The van der Waals surface area contributed by atoms with Gasteiger partial charge < -0.3 is 4.84 Å². The molecule has 0 radical (unpaired) electrons. The first kappa shape index (κ1) is 8.91. The summed E-state index contributed by atoms with van der Waals surface area (Å²) < 4.78 is 23.0. The van der Waals surface area contributed by atoms with E-state index in [0.29, 0.717) is 18.6 Å². The zero-order chi connectivity index (χ0) is 8.97. The summed E-state index contributed by atoms with van der Waals surface area (Å²) in [7, 11) is 0. The molecule has 0 aromatic carbocycles. The highest BCUT2D eigenvalue weighted by molar-refractivity contribution is 5.90. The van der Waals surface area contributed by atoms with Gasteiger partial charge in [-0.25, -0.2) is 8.78 Å². The van der Waals surface area contributed by atoms with Gasteiger partial charge in [-0.3, -0.25) is 0 Å². The Morgan fingerprint density at radius 3 is 2.83 bits per heavy atom. The van der Waals surface area contributed by atoms with Gasteiger partial charge in [0.1, 0.15) is 0 Å². The van der Waals surface area contributed by atoms with Crippen LogP contribution in [-0.4, -0.2) is 18.7 Å². The molecule has 1 aliphatic rings. The smallest absolute Gasteiger partial charge is 0.274 e. The molecule has 0 saturated heterocycles. The Hall–Kier alpha value is -1.18.